The first-order valence-corrected chi connectivity index (χ1v) is 9.13. The number of carbonyl (C=O) groups excluding carboxylic acids is 1. The number of aromatic nitrogens is 4. The second-order valence-corrected chi connectivity index (χ2v) is 6.81. The van der Waals surface area contributed by atoms with Gasteiger partial charge in [-0.25, -0.2) is 14.6 Å². The molecule has 3 aromatic heterocycles. The Morgan fingerprint density at radius 2 is 2.15 bits per heavy atom. The van der Waals surface area contributed by atoms with E-state index >= 15 is 0 Å². The fourth-order valence-electron chi connectivity index (χ4n) is 2.82. The summed E-state index contributed by atoms with van der Waals surface area (Å²) in [6.07, 6.45) is 6.65. The molecule has 0 aliphatic carbocycles. The molecule has 1 aliphatic heterocycles. The largest absolute Gasteiger partial charge is 0.378 e. The van der Waals surface area contributed by atoms with E-state index in [1.165, 1.54) is 17.7 Å². The number of thiophene rings is 1. The first kappa shape index (κ1) is 16.7. The zero-order valence-corrected chi connectivity index (χ0v) is 15.1. The van der Waals surface area contributed by atoms with Gasteiger partial charge in [0.15, 0.2) is 5.82 Å². The predicted octanol–water partition coefficient (Wildman–Crippen LogP) is 2.12. The molecule has 1 aliphatic rings. The minimum absolute atomic E-state index is 0.131. The monoisotopic (exact) mass is 370 g/mol. The lowest BCUT2D eigenvalue weighted by atomic mass is 10.3. The molecule has 134 valence electrons. The Kier molecular flexibility index (Phi) is 4.63. The van der Waals surface area contributed by atoms with Crippen LogP contribution in [0.3, 0.4) is 0 Å². The zero-order valence-electron chi connectivity index (χ0n) is 14.3. The molecule has 9 heteroatoms. The summed E-state index contributed by atoms with van der Waals surface area (Å²) in [4.78, 5) is 23.8. The number of hydrogen-bond acceptors (Lipinski definition) is 7. The first-order chi connectivity index (χ1) is 12.7. The van der Waals surface area contributed by atoms with Crippen molar-refractivity contribution in [3.8, 4) is 5.82 Å². The van der Waals surface area contributed by atoms with Gasteiger partial charge in [-0.2, -0.15) is 5.10 Å². The summed E-state index contributed by atoms with van der Waals surface area (Å²) in [6.45, 7) is 4.83. The van der Waals surface area contributed by atoms with Crippen molar-refractivity contribution in [2.45, 2.75) is 6.92 Å². The van der Waals surface area contributed by atoms with E-state index in [9.17, 15) is 4.79 Å². The van der Waals surface area contributed by atoms with Gasteiger partial charge < -0.3 is 15.0 Å². The number of amides is 1. The molecule has 0 unspecified atom stereocenters. The Morgan fingerprint density at radius 1 is 1.31 bits per heavy atom. The SMILES string of the molecule is Cc1ccsc1C(=O)Nc1cnn(-c2ncncc2N2CCOCC2)c1. The van der Waals surface area contributed by atoms with E-state index in [1.807, 2.05) is 18.4 Å². The maximum Gasteiger partial charge on any atom is 0.266 e. The van der Waals surface area contributed by atoms with E-state index < -0.39 is 0 Å². The van der Waals surface area contributed by atoms with Gasteiger partial charge in [-0.05, 0) is 23.9 Å². The highest BCUT2D eigenvalue weighted by atomic mass is 32.1. The van der Waals surface area contributed by atoms with Crippen LogP contribution in [0.25, 0.3) is 5.82 Å². The molecule has 1 saturated heterocycles. The molecule has 0 radical (unpaired) electrons. The molecule has 4 heterocycles. The third-order valence-corrected chi connectivity index (χ3v) is 5.17. The van der Waals surface area contributed by atoms with Gasteiger partial charge in [-0.1, -0.05) is 0 Å². The fraction of sp³-hybridized carbons (Fsp3) is 0.294. The van der Waals surface area contributed by atoms with Gasteiger partial charge in [0.25, 0.3) is 5.91 Å². The lowest BCUT2D eigenvalue weighted by Crippen LogP contribution is -2.37. The average molecular weight is 370 g/mol. The van der Waals surface area contributed by atoms with Gasteiger partial charge in [0.2, 0.25) is 0 Å². The van der Waals surface area contributed by atoms with Gasteiger partial charge in [0, 0.05) is 13.1 Å². The minimum Gasteiger partial charge on any atom is -0.378 e. The van der Waals surface area contributed by atoms with E-state index in [4.69, 9.17) is 4.74 Å². The molecule has 0 aromatic carbocycles. The summed E-state index contributed by atoms with van der Waals surface area (Å²) >= 11 is 1.42. The highest BCUT2D eigenvalue weighted by Crippen LogP contribution is 2.23. The smallest absolute Gasteiger partial charge is 0.266 e. The van der Waals surface area contributed by atoms with Crippen molar-refractivity contribution >= 4 is 28.6 Å². The van der Waals surface area contributed by atoms with Crippen molar-refractivity contribution in [2.75, 3.05) is 36.5 Å². The molecule has 26 heavy (non-hydrogen) atoms. The summed E-state index contributed by atoms with van der Waals surface area (Å²) in [5, 5.41) is 9.15. The van der Waals surface area contributed by atoms with Crippen molar-refractivity contribution in [1.82, 2.24) is 19.7 Å². The number of ether oxygens (including phenoxy) is 1. The van der Waals surface area contributed by atoms with E-state index in [0.717, 1.165) is 24.3 Å². The third kappa shape index (κ3) is 3.31. The number of aryl methyl sites for hydroxylation is 1. The molecule has 8 nitrogen and oxygen atoms in total. The van der Waals surface area contributed by atoms with Gasteiger partial charge >= 0.3 is 0 Å². The quantitative estimate of drug-likeness (QED) is 0.757. The van der Waals surface area contributed by atoms with E-state index in [2.05, 4.69) is 25.3 Å². The van der Waals surface area contributed by atoms with Crippen LogP contribution in [0.15, 0.2) is 36.4 Å². The molecular formula is C17H18N6O2S. The molecule has 4 rings (SSSR count). The summed E-state index contributed by atoms with van der Waals surface area (Å²) < 4.78 is 7.06. The Morgan fingerprint density at radius 3 is 2.92 bits per heavy atom. The van der Waals surface area contributed by atoms with Crippen LogP contribution in [-0.2, 0) is 4.74 Å². The van der Waals surface area contributed by atoms with Crippen LogP contribution in [0.1, 0.15) is 15.2 Å². The molecule has 0 spiro atoms. The van der Waals surface area contributed by atoms with Crippen LogP contribution >= 0.6 is 11.3 Å². The van der Waals surface area contributed by atoms with Crippen molar-refractivity contribution < 1.29 is 9.53 Å². The Balaban J connectivity index is 1.57. The number of rotatable bonds is 4. The molecule has 1 N–H and O–H groups in total. The third-order valence-electron chi connectivity index (χ3n) is 4.15. The van der Waals surface area contributed by atoms with Crippen molar-refractivity contribution in [3.05, 3.63) is 46.8 Å². The summed E-state index contributed by atoms with van der Waals surface area (Å²) in [7, 11) is 0. The molecule has 0 saturated carbocycles. The van der Waals surface area contributed by atoms with Gasteiger partial charge in [0.1, 0.15) is 12.0 Å². The Hall–Kier alpha value is -2.78. The number of nitrogens with zero attached hydrogens (tertiary/aromatic N) is 5. The van der Waals surface area contributed by atoms with Crippen molar-refractivity contribution in [3.63, 3.8) is 0 Å². The van der Waals surface area contributed by atoms with Crippen molar-refractivity contribution in [2.24, 2.45) is 0 Å². The first-order valence-electron chi connectivity index (χ1n) is 8.25. The topological polar surface area (TPSA) is 85.2 Å². The van der Waals surface area contributed by atoms with E-state index in [-0.39, 0.29) is 5.91 Å². The number of hydrogen-bond donors (Lipinski definition) is 1. The number of nitrogens with one attached hydrogen (secondary N) is 1. The second-order valence-electron chi connectivity index (χ2n) is 5.89. The Labute approximate surface area is 154 Å². The molecule has 3 aromatic rings. The highest BCUT2D eigenvalue weighted by molar-refractivity contribution is 7.12. The molecule has 1 fully saturated rings. The summed E-state index contributed by atoms with van der Waals surface area (Å²) in [6, 6.07) is 1.93. The standard InChI is InChI=1S/C17H18N6O2S/c1-12-2-7-26-15(12)17(24)21-13-8-20-23(10-13)16-14(9-18-11-19-16)22-3-5-25-6-4-22/h2,7-11H,3-6H2,1H3,(H,21,24). The van der Waals surface area contributed by atoms with Crippen LogP contribution in [0.5, 0.6) is 0 Å². The van der Waals surface area contributed by atoms with Gasteiger partial charge in [-0.15, -0.1) is 11.3 Å². The van der Waals surface area contributed by atoms with E-state index in [0.29, 0.717) is 29.6 Å². The number of morpholine rings is 1. The molecular weight excluding hydrogens is 352 g/mol. The highest BCUT2D eigenvalue weighted by Gasteiger charge is 2.18. The molecule has 1 amide bonds. The number of carbonyl (C=O) groups is 1. The normalized spacial score (nSPS) is 14.4. The van der Waals surface area contributed by atoms with Crippen LogP contribution in [0.2, 0.25) is 0 Å². The Bertz CT molecular complexity index is 915. The van der Waals surface area contributed by atoms with Gasteiger partial charge in [-0.3, -0.25) is 4.79 Å². The zero-order chi connectivity index (χ0) is 17.9. The van der Waals surface area contributed by atoms with Gasteiger partial charge in [0.05, 0.1) is 42.4 Å². The maximum atomic E-state index is 12.4. The lowest BCUT2D eigenvalue weighted by molar-refractivity contribution is 0.103. The van der Waals surface area contributed by atoms with Crippen LogP contribution in [0.4, 0.5) is 11.4 Å². The van der Waals surface area contributed by atoms with Crippen LogP contribution in [0, 0.1) is 6.92 Å². The predicted molar refractivity (Wildman–Crippen MR) is 99.2 cm³/mol. The lowest BCUT2D eigenvalue weighted by Gasteiger charge is -2.29. The van der Waals surface area contributed by atoms with Crippen LogP contribution in [-0.4, -0.2) is 52.0 Å². The average Bonchev–Trinajstić information content (AvgIpc) is 3.31. The van der Waals surface area contributed by atoms with Crippen LogP contribution < -0.4 is 10.2 Å². The van der Waals surface area contributed by atoms with Crippen molar-refractivity contribution in [1.29, 1.82) is 0 Å². The summed E-state index contributed by atoms with van der Waals surface area (Å²) in [5.74, 6) is 0.544. The molecule has 0 bridgehead atoms. The fourth-order valence-corrected chi connectivity index (χ4v) is 3.64. The summed E-state index contributed by atoms with van der Waals surface area (Å²) in [5.41, 5.74) is 2.48. The number of anilines is 2. The minimum atomic E-state index is -0.131. The maximum absolute atomic E-state index is 12.4. The van der Waals surface area contributed by atoms with E-state index in [1.54, 1.807) is 23.3 Å². The molecule has 0 atom stereocenters. The second kappa shape index (κ2) is 7.22.